The lowest BCUT2D eigenvalue weighted by atomic mass is 10.2. The molecule has 0 aromatic carbocycles. The maximum Gasteiger partial charge on any atom is 0.413 e. The zero-order chi connectivity index (χ0) is 13.3. The second-order valence-electron chi connectivity index (χ2n) is 4.71. The van der Waals surface area contributed by atoms with E-state index in [0.29, 0.717) is 16.6 Å². The number of amides is 1. The van der Waals surface area contributed by atoms with E-state index in [0.717, 1.165) is 0 Å². The van der Waals surface area contributed by atoms with Crippen LogP contribution in [0.2, 0.25) is 5.15 Å². The van der Waals surface area contributed by atoms with Crippen LogP contribution in [-0.4, -0.2) is 26.3 Å². The average Bonchev–Trinajstić information content (AvgIpc) is 2.55. The van der Waals surface area contributed by atoms with Crippen LogP contribution in [0, 0.1) is 0 Å². The Kier molecular flexibility index (Phi) is 3.13. The lowest BCUT2D eigenvalue weighted by Crippen LogP contribution is -2.27. The number of rotatable bonds is 1. The van der Waals surface area contributed by atoms with E-state index in [9.17, 15) is 4.79 Å². The lowest BCUT2D eigenvalue weighted by molar-refractivity contribution is 0.0635. The third-order valence-corrected chi connectivity index (χ3v) is 2.13. The summed E-state index contributed by atoms with van der Waals surface area (Å²) >= 11 is 5.76. The van der Waals surface area contributed by atoms with E-state index in [1.54, 1.807) is 39.1 Å². The van der Waals surface area contributed by atoms with Crippen LogP contribution in [-0.2, 0) is 4.74 Å². The van der Waals surface area contributed by atoms with E-state index in [1.165, 1.54) is 4.52 Å². The van der Waals surface area contributed by atoms with Crippen LogP contribution in [0.15, 0.2) is 18.3 Å². The zero-order valence-corrected chi connectivity index (χ0v) is 11.0. The average molecular weight is 269 g/mol. The van der Waals surface area contributed by atoms with Crippen LogP contribution in [0.3, 0.4) is 0 Å². The van der Waals surface area contributed by atoms with E-state index in [4.69, 9.17) is 16.3 Å². The topological polar surface area (TPSA) is 68.5 Å². The Bertz CT molecular complexity index is 588. The minimum atomic E-state index is -0.558. The van der Waals surface area contributed by atoms with Crippen LogP contribution in [0.1, 0.15) is 20.8 Å². The molecule has 18 heavy (non-hydrogen) atoms. The van der Waals surface area contributed by atoms with Gasteiger partial charge < -0.3 is 4.74 Å². The minimum Gasteiger partial charge on any atom is -0.444 e. The van der Waals surface area contributed by atoms with Crippen molar-refractivity contribution in [1.29, 1.82) is 0 Å². The SMILES string of the molecule is CC(C)(C)OC(=O)Nc1cc2nc(Cl)ccn2n1. The third-order valence-electron chi connectivity index (χ3n) is 1.92. The number of carbonyl (C=O) groups excluding carboxylic acids is 1. The van der Waals surface area contributed by atoms with Gasteiger partial charge in [0.1, 0.15) is 10.8 Å². The van der Waals surface area contributed by atoms with Crippen molar-refractivity contribution in [3.05, 3.63) is 23.5 Å². The number of anilines is 1. The van der Waals surface area contributed by atoms with Gasteiger partial charge in [0.15, 0.2) is 11.5 Å². The Morgan fingerprint density at radius 1 is 1.50 bits per heavy atom. The van der Waals surface area contributed by atoms with Gasteiger partial charge in [-0.15, -0.1) is 5.10 Å². The van der Waals surface area contributed by atoms with Crippen molar-refractivity contribution in [2.75, 3.05) is 5.32 Å². The first-order valence-electron chi connectivity index (χ1n) is 5.35. The lowest BCUT2D eigenvalue weighted by Gasteiger charge is -2.18. The third kappa shape index (κ3) is 3.10. The summed E-state index contributed by atoms with van der Waals surface area (Å²) in [6.07, 6.45) is 1.10. The maximum atomic E-state index is 11.5. The number of carbonyl (C=O) groups is 1. The molecular formula is C11H13ClN4O2. The Morgan fingerprint density at radius 2 is 2.22 bits per heavy atom. The first-order chi connectivity index (χ1) is 8.33. The highest BCUT2D eigenvalue weighted by molar-refractivity contribution is 6.29. The number of halogens is 1. The van der Waals surface area contributed by atoms with Gasteiger partial charge in [0, 0.05) is 12.3 Å². The molecule has 0 saturated heterocycles. The molecule has 2 heterocycles. The number of ether oxygens (including phenoxy) is 1. The highest BCUT2D eigenvalue weighted by Crippen LogP contribution is 2.13. The largest absolute Gasteiger partial charge is 0.444 e. The predicted molar refractivity (Wildman–Crippen MR) is 67.9 cm³/mol. The molecule has 0 bridgehead atoms. The highest BCUT2D eigenvalue weighted by Gasteiger charge is 2.17. The Balaban J connectivity index is 2.15. The van der Waals surface area contributed by atoms with E-state index in [2.05, 4.69) is 15.4 Å². The molecule has 1 N–H and O–H groups in total. The van der Waals surface area contributed by atoms with Crippen molar-refractivity contribution >= 4 is 29.2 Å². The monoisotopic (exact) mass is 268 g/mol. The van der Waals surface area contributed by atoms with E-state index < -0.39 is 11.7 Å². The Morgan fingerprint density at radius 3 is 2.89 bits per heavy atom. The molecule has 0 aliphatic carbocycles. The van der Waals surface area contributed by atoms with Gasteiger partial charge in [0.25, 0.3) is 0 Å². The summed E-state index contributed by atoms with van der Waals surface area (Å²) in [6, 6.07) is 3.22. The van der Waals surface area contributed by atoms with Gasteiger partial charge in [-0.3, -0.25) is 5.32 Å². The molecule has 2 rings (SSSR count). The molecule has 0 saturated carbocycles. The molecule has 0 radical (unpaired) electrons. The molecule has 96 valence electrons. The van der Waals surface area contributed by atoms with Gasteiger partial charge in [-0.25, -0.2) is 14.3 Å². The summed E-state index contributed by atoms with van der Waals surface area (Å²) in [5, 5.41) is 7.01. The number of aromatic nitrogens is 3. The summed E-state index contributed by atoms with van der Waals surface area (Å²) < 4.78 is 6.63. The highest BCUT2D eigenvalue weighted by atomic mass is 35.5. The maximum absolute atomic E-state index is 11.5. The van der Waals surface area contributed by atoms with Gasteiger partial charge in [-0.2, -0.15) is 0 Å². The van der Waals surface area contributed by atoms with Crippen LogP contribution in [0.4, 0.5) is 10.6 Å². The number of hydrogen-bond acceptors (Lipinski definition) is 4. The van der Waals surface area contributed by atoms with E-state index in [-0.39, 0.29) is 0 Å². The van der Waals surface area contributed by atoms with Gasteiger partial charge in [-0.05, 0) is 26.8 Å². The van der Waals surface area contributed by atoms with Crippen molar-refractivity contribution in [2.24, 2.45) is 0 Å². The molecule has 0 aliphatic heterocycles. The first-order valence-corrected chi connectivity index (χ1v) is 5.73. The molecule has 7 heteroatoms. The fraction of sp³-hybridized carbons (Fsp3) is 0.364. The van der Waals surface area contributed by atoms with Crippen LogP contribution in [0.5, 0.6) is 0 Å². The molecule has 2 aromatic heterocycles. The number of nitrogens with one attached hydrogen (secondary N) is 1. The summed E-state index contributed by atoms with van der Waals surface area (Å²) in [7, 11) is 0. The van der Waals surface area contributed by atoms with Crippen molar-refractivity contribution in [3.63, 3.8) is 0 Å². The fourth-order valence-corrected chi connectivity index (χ4v) is 1.47. The Hall–Kier alpha value is -1.82. The van der Waals surface area contributed by atoms with Gasteiger partial charge in [0.2, 0.25) is 0 Å². The van der Waals surface area contributed by atoms with Gasteiger partial charge >= 0.3 is 6.09 Å². The number of fused-ring (bicyclic) bond motifs is 1. The van der Waals surface area contributed by atoms with Gasteiger partial charge in [0.05, 0.1) is 0 Å². The minimum absolute atomic E-state index is 0.360. The molecule has 2 aromatic rings. The molecule has 0 aliphatic rings. The number of hydrogen-bond donors (Lipinski definition) is 1. The zero-order valence-electron chi connectivity index (χ0n) is 10.3. The molecule has 0 unspecified atom stereocenters. The summed E-state index contributed by atoms with van der Waals surface area (Å²) in [5.74, 6) is 0.360. The normalized spacial score (nSPS) is 11.6. The summed E-state index contributed by atoms with van der Waals surface area (Å²) in [4.78, 5) is 15.6. The molecule has 0 atom stereocenters. The van der Waals surface area contributed by atoms with Crippen LogP contribution >= 0.6 is 11.6 Å². The Labute approximate surface area is 109 Å². The van der Waals surface area contributed by atoms with E-state index >= 15 is 0 Å². The van der Waals surface area contributed by atoms with Gasteiger partial charge in [-0.1, -0.05) is 11.6 Å². The van der Waals surface area contributed by atoms with Crippen molar-refractivity contribution in [3.8, 4) is 0 Å². The molecular weight excluding hydrogens is 256 g/mol. The molecule has 0 fully saturated rings. The standard InChI is InChI=1S/C11H13ClN4O2/c1-11(2,3)18-10(17)14-8-6-9-13-7(12)4-5-16(9)15-8/h4-6H,1-3H3,(H,14,15,17). The molecule has 6 nitrogen and oxygen atoms in total. The second-order valence-corrected chi connectivity index (χ2v) is 5.10. The fourth-order valence-electron chi connectivity index (χ4n) is 1.33. The molecule has 0 spiro atoms. The summed E-state index contributed by atoms with van der Waals surface area (Å²) in [6.45, 7) is 5.37. The quantitative estimate of drug-likeness (QED) is 0.808. The molecule has 1 amide bonds. The van der Waals surface area contributed by atoms with E-state index in [1.807, 2.05) is 0 Å². The number of nitrogens with zero attached hydrogens (tertiary/aromatic N) is 3. The summed E-state index contributed by atoms with van der Waals surface area (Å²) in [5.41, 5.74) is -0.00120. The van der Waals surface area contributed by atoms with Crippen molar-refractivity contribution in [1.82, 2.24) is 14.6 Å². The predicted octanol–water partition coefficient (Wildman–Crippen LogP) is 2.73. The smallest absolute Gasteiger partial charge is 0.413 e. The van der Waals surface area contributed by atoms with Crippen LogP contribution in [0.25, 0.3) is 5.65 Å². The van der Waals surface area contributed by atoms with Crippen LogP contribution < -0.4 is 5.32 Å². The van der Waals surface area contributed by atoms with Crippen molar-refractivity contribution < 1.29 is 9.53 Å². The second kappa shape index (κ2) is 4.45. The van der Waals surface area contributed by atoms with Crippen molar-refractivity contribution in [2.45, 2.75) is 26.4 Å². The first kappa shape index (κ1) is 12.6.